The summed E-state index contributed by atoms with van der Waals surface area (Å²) in [6, 6.07) is 6.54. The van der Waals surface area contributed by atoms with E-state index in [1.807, 2.05) is 12.1 Å². The number of rotatable bonds is 1. The van der Waals surface area contributed by atoms with Crippen molar-refractivity contribution in [1.82, 2.24) is 15.3 Å². The van der Waals surface area contributed by atoms with Gasteiger partial charge < -0.3 is 10.3 Å². The van der Waals surface area contributed by atoms with Crippen LogP contribution in [0.4, 0.5) is 0 Å². The van der Waals surface area contributed by atoms with Gasteiger partial charge in [0.1, 0.15) is 5.82 Å². The van der Waals surface area contributed by atoms with Gasteiger partial charge in [-0.05, 0) is 37.6 Å². The summed E-state index contributed by atoms with van der Waals surface area (Å²) in [5, 5.41) is 3.44. The minimum atomic E-state index is 0. The van der Waals surface area contributed by atoms with Crippen molar-refractivity contribution < 1.29 is 0 Å². The van der Waals surface area contributed by atoms with E-state index in [0.29, 0.717) is 6.04 Å². The fourth-order valence-corrected chi connectivity index (χ4v) is 2.45. The van der Waals surface area contributed by atoms with Crippen molar-refractivity contribution in [2.24, 2.45) is 0 Å². The maximum absolute atomic E-state index is 4.60. The van der Waals surface area contributed by atoms with Crippen LogP contribution in [0.1, 0.15) is 24.7 Å². The van der Waals surface area contributed by atoms with Crippen LogP contribution in [0.5, 0.6) is 0 Å². The first kappa shape index (κ1) is 14.8. The van der Waals surface area contributed by atoms with Crippen LogP contribution in [0.25, 0.3) is 11.0 Å². The van der Waals surface area contributed by atoms with E-state index in [1.165, 1.54) is 12.8 Å². The highest BCUT2D eigenvalue weighted by molar-refractivity contribution is 9.10. The lowest BCUT2D eigenvalue weighted by Crippen LogP contribution is -2.13. The van der Waals surface area contributed by atoms with Crippen molar-refractivity contribution in [3.8, 4) is 0 Å². The number of nitrogens with one attached hydrogen (secondary N) is 2. The summed E-state index contributed by atoms with van der Waals surface area (Å²) in [6.45, 7) is 1.10. The van der Waals surface area contributed by atoms with Crippen molar-refractivity contribution in [3.63, 3.8) is 0 Å². The summed E-state index contributed by atoms with van der Waals surface area (Å²) in [5.41, 5.74) is 2.15. The second-order valence-corrected chi connectivity index (χ2v) is 4.85. The molecule has 1 aliphatic heterocycles. The second kappa shape index (κ2) is 6.05. The Balaban J connectivity index is 0.000000722. The van der Waals surface area contributed by atoms with E-state index in [1.54, 1.807) is 0 Å². The standard InChI is InChI=1S/C11H12BrN3.2ClH/c12-7-3-4-8-10(6-7)15-11(14-8)9-2-1-5-13-9;;/h3-4,6,9,13H,1-2,5H2,(H,14,15);2*1H/t9-;;/m0../s1. The van der Waals surface area contributed by atoms with Gasteiger partial charge in [-0.2, -0.15) is 0 Å². The molecule has 17 heavy (non-hydrogen) atoms. The van der Waals surface area contributed by atoms with Gasteiger partial charge in [0.2, 0.25) is 0 Å². The molecular weight excluding hydrogens is 325 g/mol. The van der Waals surface area contributed by atoms with Gasteiger partial charge in [-0.25, -0.2) is 4.98 Å². The number of hydrogen-bond donors (Lipinski definition) is 2. The molecule has 0 saturated carbocycles. The minimum absolute atomic E-state index is 0. The SMILES string of the molecule is Brc1ccc2nc([C@@H]3CCCN3)[nH]c2c1.Cl.Cl. The van der Waals surface area contributed by atoms with Gasteiger partial charge in [-0.1, -0.05) is 15.9 Å². The molecule has 0 spiro atoms. The predicted molar refractivity (Wildman–Crippen MR) is 78.3 cm³/mol. The molecule has 1 atom stereocenters. The Labute approximate surface area is 121 Å². The van der Waals surface area contributed by atoms with Crippen molar-refractivity contribution in [3.05, 3.63) is 28.5 Å². The zero-order valence-corrected chi connectivity index (χ0v) is 12.3. The third kappa shape index (κ3) is 2.94. The predicted octanol–water partition coefficient (Wildman–Crippen LogP) is 3.59. The maximum atomic E-state index is 4.60. The van der Waals surface area contributed by atoms with Crippen molar-refractivity contribution in [1.29, 1.82) is 0 Å². The molecule has 0 bridgehead atoms. The molecule has 0 amide bonds. The molecule has 1 saturated heterocycles. The highest BCUT2D eigenvalue weighted by Gasteiger charge is 2.19. The lowest BCUT2D eigenvalue weighted by molar-refractivity contribution is 0.614. The Morgan fingerprint density at radius 3 is 2.82 bits per heavy atom. The Hall–Kier alpha value is -0.290. The molecule has 2 heterocycles. The molecule has 0 radical (unpaired) electrons. The highest BCUT2D eigenvalue weighted by Crippen LogP contribution is 2.24. The first-order valence-corrected chi connectivity index (χ1v) is 6.01. The van der Waals surface area contributed by atoms with Crippen LogP contribution >= 0.6 is 40.7 Å². The Bertz CT molecular complexity index is 494. The fourth-order valence-electron chi connectivity index (χ4n) is 2.08. The first-order chi connectivity index (χ1) is 7.33. The summed E-state index contributed by atoms with van der Waals surface area (Å²) in [7, 11) is 0. The third-order valence-electron chi connectivity index (χ3n) is 2.85. The third-order valence-corrected chi connectivity index (χ3v) is 3.35. The van der Waals surface area contributed by atoms with Crippen LogP contribution in [0.3, 0.4) is 0 Å². The monoisotopic (exact) mass is 337 g/mol. The van der Waals surface area contributed by atoms with E-state index in [-0.39, 0.29) is 24.8 Å². The smallest absolute Gasteiger partial charge is 0.124 e. The Kier molecular flexibility index (Phi) is 5.25. The number of halogens is 3. The van der Waals surface area contributed by atoms with E-state index in [0.717, 1.165) is 27.9 Å². The zero-order valence-electron chi connectivity index (χ0n) is 9.07. The largest absolute Gasteiger partial charge is 0.341 e. The van der Waals surface area contributed by atoms with E-state index < -0.39 is 0 Å². The number of nitrogens with zero attached hydrogens (tertiary/aromatic N) is 1. The summed E-state index contributed by atoms with van der Waals surface area (Å²) in [5.74, 6) is 1.07. The van der Waals surface area contributed by atoms with Crippen LogP contribution in [-0.4, -0.2) is 16.5 Å². The maximum Gasteiger partial charge on any atom is 0.124 e. The van der Waals surface area contributed by atoms with Gasteiger partial charge in [0.05, 0.1) is 17.1 Å². The quantitative estimate of drug-likeness (QED) is 0.834. The van der Waals surface area contributed by atoms with Gasteiger partial charge in [0, 0.05) is 4.47 Å². The molecule has 0 aliphatic carbocycles. The Morgan fingerprint density at radius 2 is 2.12 bits per heavy atom. The number of hydrogen-bond acceptors (Lipinski definition) is 2. The van der Waals surface area contributed by atoms with E-state index in [2.05, 4.69) is 37.3 Å². The van der Waals surface area contributed by atoms with Gasteiger partial charge in [0.15, 0.2) is 0 Å². The van der Waals surface area contributed by atoms with E-state index >= 15 is 0 Å². The fraction of sp³-hybridized carbons (Fsp3) is 0.364. The molecule has 1 aliphatic rings. The van der Waals surface area contributed by atoms with Gasteiger partial charge in [-0.3, -0.25) is 0 Å². The number of imidazole rings is 1. The molecule has 2 N–H and O–H groups in total. The van der Waals surface area contributed by atoms with Gasteiger partial charge in [-0.15, -0.1) is 24.8 Å². The lowest BCUT2D eigenvalue weighted by Gasteiger charge is -2.04. The van der Waals surface area contributed by atoms with Crippen molar-refractivity contribution >= 4 is 51.8 Å². The zero-order chi connectivity index (χ0) is 10.3. The van der Waals surface area contributed by atoms with E-state index in [4.69, 9.17) is 0 Å². The molecule has 2 aromatic rings. The van der Waals surface area contributed by atoms with Crippen molar-refractivity contribution in [2.45, 2.75) is 18.9 Å². The van der Waals surface area contributed by atoms with Crippen molar-refractivity contribution in [2.75, 3.05) is 6.54 Å². The summed E-state index contributed by atoms with van der Waals surface area (Å²) >= 11 is 3.46. The molecule has 1 aromatic carbocycles. The van der Waals surface area contributed by atoms with Crippen LogP contribution in [0, 0.1) is 0 Å². The molecule has 3 rings (SSSR count). The molecule has 0 unspecified atom stereocenters. The number of H-pyrrole nitrogens is 1. The van der Waals surface area contributed by atoms with Crippen LogP contribution in [0.2, 0.25) is 0 Å². The van der Waals surface area contributed by atoms with Gasteiger partial charge in [0.25, 0.3) is 0 Å². The number of aromatic nitrogens is 2. The number of benzene rings is 1. The minimum Gasteiger partial charge on any atom is -0.341 e. The average Bonchev–Trinajstić information content (AvgIpc) is 2.84. The molecule has 1 aromatic heterocycles. The lowest BCUT2D eigenvalue weighted by atomic mass is 10.2. The normalized spacial score (nSPS) is 18.8. The van der Waals surface area contributed by atoms with Crippen LogP contribution in [-0.2, 0) is 0 Å². The molecule has 94 valence electrons. The molecule has 1 fully saturated rings. The summed E-state index contributed by atoms with van der Waals surface area (Å²) in [4.78, 5) is 7.97. The topological polar surface area (TPSA) is 40.7 Å². The number of fused-ring (bicyclic) bond motifs is 1. The highest BCUT2D eigenvalue weighted by atomic mass is 79.9. The Morgan fingerprint density at radius 1 is 1.29 bits per heavy atom. The molecule has 3 nitrogen and oxygen atoms in total. The van der Waals surface area contributed by atoms with Crippen LogP contribution in [0.15, 0.2) is 22.7 Å². The van der Waals surface area contributed by atoms with Crippen LogP contribution < -0.4 is 5.32 Å². The average molecular weight is 339 g/mol. The summed E-state index contributed by atoms with van der Waals surface area (Å²) < 4.78 is 1.09. The number of aromatic amines is 1. The summed E-state index contributed by atoms with van der Waals surface area (Å²) in [6.07, 6.45) is 2.42. The second-order valence-electron chi connectivity index (χ2n) is 3.93. The molecular formula is C11H14BrCl2N3. The first-order valence-electron chi connectivity index (χ1n) is 5.21. The van der Waals surface area contributed by atoms with Gasteiger partial charge >= 0.3 is 0 Å². The van der Waals surface area contributed by atoms with E-state index in [9.17, 15) is 0 Å². The molecule has 6 heteroatoms.